The average Bonchev–Trinajstić information content (AvgIpc) is 2.94. The lowest BCUT2D eigenvalue weighted by molar-refractivity contribution is 0.343. The summed E-state index contributed by atoms with van der Waals surface area (Å²) in [6.45, 7) is 0.993. The number of hydrogen-bond acceptors (Lipinski definition) is 3. The standard InChI is InChI=1S/C17H24N4/c1-21-13-19-20-17(21)11-12-18-16-9-7-15(8-10-16)14-5-3-2-4-6-14/h2-6,13,15-16,18H,7-12H2,1H3. The first-order chi connectivity index (χ1) is 10.3. The molecule has 0 spiro atoms. The summed E-state index contributed by atoms with van der Waals surface area (Å²) in [7, 11) is 2.00. The van der Waals surface area contributed by atoms with Crippen molar-refractivity contribution in [2.45, 2.75) is 44.1 Å². The van der Waals surface area contributed by atoms with Crippen molar-refractivity contribution < 1.29 is 0 Å². The number of aryl methyl sites for hydroxylation is 1. The van der Waals surface area contributed by atoms with Gasteiger partial charge < -0.3 is 9.88 Å². The van der Waals surface area contributed by atoms with E-state index in [1.807, 2.05) is 11.6 Å². The Morgan fingerprint density at radius 1 is 1.14 bits per heavy atom. The van der Waals surface area contributed by atoms with E-state index in [4.69, 9.17) is 0 Å². The Balaban J connectivity index is 1.41. The Hall–Kier alpha value is -1.68. The fourth-order valence-corrected chi connectivity index (χ4v) is 3.28. The van der Waals surface area contributed by atoms with Crippen LogP contribution in [0.4, 0.5) is 0 Å². The van der Waals surface area contributed by atoms with E-state index in [0.29, 0.717) is 6.04 Å². The maximum absolute atomic E-state index is 4.12. The Morgan fingerprint density at radius 2 is 1.90 bits per heavy atom. The maximum atomic E-state index is 4.12. The third kappa shape index (κ3) is 3.70. The molecule has 1 N–H and O–H groups in total. The molecule has 1 aliphatic carbocycles. The molecule has 0 aliphatic heterocycles. The quantitative estimate of drug-likeness (QED) is 0.918. The Morgan fingerprint density at radius 3 is 2.57 bits per heavy atom. The van der Waals surface area contributed by atoms with Gasteiger partial charge in [0.05, 0.1) is 0 Å². The molecule has 1 heterocycles. The Bertz CT molecular complexity index is 541. The highest BCUT2D eigenvalue weighted by molar-refractivity contribution is 5.20. The molecule has 21 heavy (non-hydrogen) atoms. The molecule has 4 nitrogen and oxygen atoms in total. The van der Waals surface area contributed by atoms with Gasteiger partial charge >= 0.3 is 0 Å². The smallest absolute Gasteiger partial charge is 0.133 e. The fourth-order valence-electron chi connectivity index (χ4n) is 3.28. The first kappa shape index (κ1) is 14.3. The van der Waals surface area contributed by atoms with Crippen LogP contribution < -0.4 is 5.32 Å². The monoisotopic (exact) mass is 284 g/mol. The van der Waals surface area contributed by atoms with E-state index >= 15 is 0 Å². The molecule has 1 aromatic heterocycles. The molecular weight excluding hydrogens is 260 g/mol. The lowest BCUT2D eigenvalue weighted by Gasteiger charge is -2.29. The van der Waals surface area contributed by atoms with Gasteiger partial charge in [0.2, 0.25) is 0 Å². The van der Waals surface area contributed by atoms with E-state index in [1.165, 1.54) is 31.2 Å². The van der Waals surface area contributed by atoms with E-state index in [2.05, 4.69) is 45.8 Å². The Kier molecular flexibility index (Phi) is 4.65. The summed E-state index contributed by atoms with van der Waals surface area (Å²) in [5, 5.41) is 11.7. The zero-order valence-electron chi connectivity index (χ0n) is 12.7. The van der Waals surface area contributed by atoms with Gasteiger partial charge in [-0.2, -0.15) is 0 Å². The highest BCUT2D eigenvalue weighted by Gasteiger charge is 2.21. The molecule has 0 amide bonds. The van der Waals surface area contributed by atoms with Crippen LogP contribution in [0.1, 0.15) is 43.0 Å². The predicted octanol–water partition coefficient (Wildman–Crippen LogP) is 2.67. The average molecular weight is 284 g/mol. The zero-order chi connectivity index (χ0) is 14.5. The van der Waals surface area contributed by atoms with E-state index < -0.39 is 0 Å². The van der Waals surface area contributed by atoms with Crippen molar-refractivity contribution in [2.75, 3.05) is 6.54 Å². The minimum atomic E-state index is 0.665. The minimum Gasteiger partial charge on any atom is -0.321 e. The van der Waals surface area contributed by atoms with E-state index in [1.54, 1.807) is 6.33 Å². The van der Waals surface area contributed by atoms with E-state index in [0.717, 1.165) is 24.7 Å². The third-order valence-corrected chi connectivity index (χ3v) is 4.58. The molecule has 0 bridgehead atoms. The molecule has 0 unspecified atom stereocenters. The van der Waals surface area contributed by atoms with Crippen molar-refractivity contribution in [3.8, 4) is 0 Å². The summed E-state index contributed by atoms with van der Waals surface area (Å²) in [5.74, 6) is 1.81. The second-order valence-electron chi connectivity index (χ2n) is 6.02. The summed E-state index contributed by atoms with van der Waals surface area (Å²) < 4.78 is 1.99. The molecule has 2 aromatic rings. The van der Waals surface area contributed by atoms with Crippen molar-refractivity contribution >= 4 is 0 Å². The molecular formula is C17H24N4. The lowest BCUT2D eigenvalue weighted by atomic mass is 9.82. The van der Waals surface area contributed by atoms with Gasteiger partial charge in [-0.1, -0.05) is 30.3 Å². The Labute approximate surface area is 126 Å². The number of rotatable bonds is 5. The predicted molar refractivity (Wildman–Crippen MR) is 84.1 cm³/mol. The van der Waals surface area contributed by atoms with Gasteiger partial charge in [-0.3, -0.25) is 0 Å². The van der Waals surface area contributed by atoms with Gasteiger partial charge in [0.25, 0.3) is 0 Å². The first-order valence-corrected chi connectivity index (χ1v) is 7.94. The number of benzene rings is 1. The molecule has 0 radical (unpaired) electrons. The minimum absolute atomic E-state index is 0.665. The lowest BCUT2D eigenvalue weighted by Crippen LogP contribution is -2.34. The van der Waals surface area contributed by atoms with Crippen LogP contribution in [-0.2, 0) is 13.5 Å². The van der Waals surface area contributed by atoms with E-state index in [9.17, 15) is 0 Å². The number of hydrogen-bond donors (Lipinski definition) is 1. The number of nitrogens with one attached hydrogen (secondary N) is 1. The first-order valence-electron chi connectivity index (χ1n) is 7.94. The summed E-state index contributed by atoms with van der Waals surface area (Å²) >= 11 is 0. The van der Waals surface area contributed by atoms with Gasteiger partial charge in [-0.05, 0) is 37.2 Å². The molecule has 4 heteroatoms. The molecule has 112 valence electrons. The summed E-state index contributed by atoms with van der Waals surface area (Å²) in [6.07, 6.45) is 7.86. The van der Waals surface area contributed by atoms with Crippen LogP contribution >= 0.6 is 0 Å². The molecule has 0 atom stereocenters. The van der Waals surface area contributed by atoms with Crippen LogP contribution in [0.5, 0.6) is 0 Å². The van der Waals surface area contributed by atoms with Gasteiger partial charge in [-0.15, -0.1) is 10.2 Å². The molecule has 3 rings (SSSR count). The van der Waals surface area contributed by atoms with Crippen molar-refractivity contribution in [2.24, 2.45) is 7.05 Å². The molecule has 1 saturated carbocycles. The normalized spacial score (nSPS) is 22.3. The van der Waals surface area contributed by atoms with Crippen molar-refractivity contribution in [1.82, 2.24) is 20.1 Å². The number of aromatic nitrogens is 3. The summed E-state index contributed by atoms with van der Waals surface area (Å²) in [6, 6.07) is 11.6. The third-order valence-electron chi connectivity index (χ3n) is 4.58. The fraction of sp³-hybridized carbons (Fsp3) is 0.529. The highest BCUT2D eigenvalue weighted by Crippen LogP contribution is 2.32. The SMILES string of the molecule is Cn1cnnc1CCNC1CCC(c2ccccc2)CC1. The molecule has 1 fully saturated rings. The van der Waals surface area contributed by atoms with Crippen molar-refractivity contribution in [1.29, 1.82) is 0 Å². The topological polar surface area (TPSA) is 42.7 Å². The zero-order valence-corrected chi connectivity index (χ0v) is 12.7. The van der Waals surface area contributed by atoms with Crippen LogP contribution in [-0.4, -0.2) is 27.4 Å². The second kappa shape index (κ2) is 6.85. The van der Waals surface area contributed by atoms with Crippen LogP contribution in [0.25, 0.3) is 0 Å². The highest BCUT2D eigenvalue weighted by atomic mass is 15.2. The summed E-state index contributed by atoms with van der Waals surface area (Å²) in [4.78, 5) is 0. The van der Waals surface area contributed by atoms with Crippen molar-refractivity contribution in [3.63, 3.8) is 0 Å². The maximum Gasteiger partial charge on any atom is 0.133 e. The van der Waals surface area contributed by atoms with Crippen LogP contribution in [0, 0.1) is 0 Å². The second-order valence-corrected chi connectivity index (χ2v) is 6.02. The van der Waals surface area contributed by atoms with Crippen LogP contribution in [0.2, 0.25) is 0 Å². The van der Waals surface area contributed by atoms with Crippen molar-refractivity contribution in [3.05, 3.63) is 48.0 Å². The van der Waals surface area contributed by atoms with E-state index in [-0.39, 0.29) is 0 Å². The van der Waals surface area contributed by atoms with Gasteiger partial charge in [0.15, 0.2) is 0 Å². The largest absolute Gasteiger partial charge is 0.321 e. The number of nitrogens with zero attached hydrogens (tertiary/aromatic N) is 3. The molecule has 1 aromatic carbocycles. The molecule has 0 saturated heterocycles. The van der Waals surface area contributed by atoms with Gasteiger partial charge in [0.1, 0.15) is 12.2 Å². The van der Waals surface area contributed by atoms with Crippen LogP contribution in [0.15, 0.2) is 36.7 Å². The van der Waals surface area contributed by atoms with Gasteiger partial charge in [-0.25, -0.2) is 0 Å². The van der Waals surface area contributed by atoms with Gasteiger partial charge in [0, 0.05) is 26.1 Å². The summed E-state index contributed by atoms with van der Waals surface area (Å²) in [5.41, 5.74) is 1.51. The molecule has 1 aliphatic rings. The van der Waals surface area contributed by atoms with Crippen LogP contribution in [0.3, 0.4) is 0 Å².